The predicted molar refractivity (Wildman–Crippen MR) is 60.7 cm³/mol. The quantitative estimate of drug-likeness (QED) is 0.742. The minimum absolute atomic E-state index is 0.283. The molecule has 3 nitrogen and oxygen atoms in total. The van der Waals surface area contributed by atoms with Crippen LogP contribution in [0.2, 0.25) is 0 Å². The largest absolute Gasteiger partial charge is 0.342 e. The Hall–Kier alpha value is -1.35. The van der Waals surface area contributed by atoms with Gasteiger partial charge in [0.2, 0.25) is 0 Å². The van der Waals surface area contributed by atoms with E-state index in [4.69, 9.17) is 5.73 Å². The fourth-order valence-electron chi connectivity index (χ4n) is 2.48. The van der Waals surface area contributed by atoms with E-state index in [9.17, 15) is 0 Å². The van der Waals surface area contributed by atoms with Gasteiger partial charge in [0.25, 0.3) is 0 Å². The molecule has 1 heterocycles. The fourth-order valence-corrected chi connectivity index (χ4v) is 2.48. The average molecular weight is 201 g/mol. The Morgan fingerprint density at radius 1 is 1.27 bits per heavy atom. The third-order valence-electron chi connectivity index (χ3n) is 3.33. The maximum Gasteiger partial charge on any atom is 0.111 e. The molecular formula is C12H15N3. The zero-order valence-corrected chi connectivity index (χ0v) is 8.61. The van der Waals surface area contributed by atoms with Crippen LogP contribution in [0.4, 0.5) is 0 Å². The zero-order chi connectivity index (χ0) is 10.3. The van der Waals surface area contributed by atoms with E-state index in [0.29, 0.717) is 5.92 Å². The van der Waals surface area contributed by atoms with Gasteiger partial charge < -0.3 is 10.7 Å². The highest BCUT2D eigenvalue weighted by atomic mass is 14.9. The van der Waals surface area contributed by atoms with Crippen molar-refractivity contribution in [2.75, 3.05) is 0 Å². The van der Waals surface area contributed by atoms with E-state index in [1.54, 1.807) is 0 Å². The Morgan fingerprint density at radius 2 is 2.13 bits per heavy atom. The Bertz CT molecular complexity index is 441. The minimum Gasteiger partial charge on any atom is -0.342 e. The number of imidazole rings is 1. The first kappa shape index (κ1) is 8.92. The van der Waals surface area contributed by atoms with Crippen LogP contribution >= 0.6 is 0 Å². The standard InChI is InChI=1S/C12H15N3/c13-9-5-3-4-8(9)12-14-10-6-1-2-7-11(10)15-12/h1-2,6-9H,3-5,13H2,(H,14,15)/t8?,9-/m0/s1. The average Bonchev–Trinajstić information content (AvgIpc) is 2.82. The van der Waals surface area contributed by atoms with Gasteiger partial charge in [0.05, 0.1) is 11.0 Å². The second-order valence-electron chi connectivity index (χ2n) is 4.34. The van der Waals surface area contributed by atoms with Gasteiger partial charge in [0.1, 0.15) is 5.82 Å². The number of H-pyrrole nitrogens is 1. The number of nitrogens with one attached hydrogen (secondary N) is 1. The molecule has 1 aromatic carbocycles. The Morgan fingerprint density at radius 3 is 2.87 bits per heavy atom. The predicted octanol–water partition coefficient (Wildman–Crippen LogP) is 2.16. The number of hydrogen-bond acceptors (Lipinski definition) is 2. The zero-order valence-electron chi connectivity index (χ0n) is 8.61. The molecule has 0 amide bonds. The van der Waals surface area contributed by atoms with Crippen LogP contribution in [0.15, 0.2) is 24.3 Å². The van der Waals surface area contributed by atoms with Crippen LogP contribution in [-0.4, -0.2) is 16.0 Å². The van der Waals surface area contributed by atoms with E-state index in [2.05, 4.69) is 16.0 Å². The molecule has 1 aliphatic rings. The Labute approximate surface area is 88.7 Å². The molecular weight excluding hydrogens is 186 g/mol. The number of nitrogens with two attached hydrogens (primary N) is 1. The van der Waals surface area contributed by atoms with Gasteiger partial charge in [0.15, 0.2) is 0 Å². The highest BCUT2D eigenvalue weighted by Gasteiger charge is 2.27. The number of benzene rings is 1. The van der Waals surface area contributed by atoms with Crippen molar-refractivity contribution in [2.24, 2.45) is 5.73 Å². The number of aromatic nitrogens is 2. The summed E-state index contributed by atoms with van der Waals surface area (Å²) < 4.78 is 0. The molecule has 3 N–H and O–H groups in total. The summed E-state index contributed by atoms with van der Waals surface area (Å²) in [5.41, 5.74) is 8.24. The van der Waals surface area contributed by atoms with Crippen molar-refractivity contribution < 1.29 is 0 Å². The lowest BCUT2D eigenvalue weighted by atomic mass is 10.0. The highest BCUT2D eigenvalue weighted by molar-refractivity contribution is 5.74. The first-order valence-corrected chi connectivity index (χ1v) is 5.55. The third-order valence-corrected chi connectivity index (χ3v) is 3.33. The molecule has 1 aromatic heterocycles. The minimum atomic E-state index is 0.283. The van der Waals surface area contributed by atoms with E-state index in [1.807, 2.05) is 18.2 Å². The number of nitrogens with zero attached hydrogens (tertiary/aromatic N) is 1. The molecule has 3 rings (SSSR count). The van der Waals surface area contributed by atoms with Crippen molar-refractivity contribution in [3.05, 3.63) is 30.1 Å². The first-order valence-electron chi connectivity index (χ1n) is 5.55. The summed E-state index contributed by atoms with van der Waals surface area (Å²) in [5, 5.41) is 0. The van der Waals surface area contributed by atoms with Crippen molar-refractivity contribution in [3.63, 3.8) is 0 Å². The van der Waals surface area contributed by atoms with Gasteiger partial charge >= 0.3 is 0 Å². The van der Waals surface area contributed by atoms with Crippen molar-refractivity contribution in [1.82, 2.24) is 9.97 Å². The summed E-state index contributed by atoms with van der Waals surface area (Å²) in [6.07, 6.45) is 3.52. The number of hydrogen-bond donors (Lipinski definition) is 2. The van der Waals surface area contributed by atoms with Crippen LogP contribution in [0, 0.1) is 0 Å². The number of fused-ring (bicyclic) bond motifs is 1. The van der Waals surface area contributed by atoms with Gasteiger partial charge in [-0.15, -0.1) is 0 Å². The summed E-state index contributed by atoms with van der Waals surface area (Å²) in [5.74, 6) is 1.50. The molecule has 1 unspecified atom stereocenters. The summed E-state index contributed by atoms with van der Waals surface area (Å²) in [6, 6.07) is 8.42. The van der Waals surface area contributed by atoms with E-state index < -0.39 is 0 Å². The molecule has 1 saturated carbocycles. The van der Waals surface area contributed by atoms with Gasteiger partial charge in [-0.2, -0.15) is 0 Å². The third kappa shape index (κ3) is 1.43. The van der Waals surface area contributed by atoms with Crippen molar-refractivity contribution in [2.45, 2.75) is 31.2 Å². The molecule has 0 aliphatic heterocycles. The lowest BCUT2D eigenvalue weighted by molar-refractivity contribution is 0.588. The fraction of sp³-hybridized carbons (Fsp3) is 0.417. The normalized spacial score (nSPS) is 26.2. The topological polar surface area (TPSA) is 54.7 Å². The molecule has 15 heavy (non-hydrogen) atoms. The number of aromatic amines is 1. The van der Waals surface area contributed by atoms with Crippen LogP contribution in [-0.2, 0) is 0 Å². The molecule has 2 atom stereocenters. The second-order valence-corrected chi connectivity index (χ2v) is 4.34. The number of para-hydroxylation sites is 2. The molecule has 1 aliphatic carbocycles. The summed E-state index contributed by atoms with van der Waals surface area (Å²) >= 11 is 0. The van der Waals surface area contributed by atoms with E-state index in [-0.39, 0.29) is 6.04 Å². The molecule has 0 bridgehead atoms. The summed E-state index contributed by atoms with van der Waals surface area (Å²) in [6.45, 7) is 0. The van der Waals surface area contributed by atoms with Crippen LogP contribution < -0.4 is 5.73 Å². The second kappa shape index (κ2) is 3.35. The van der Waals surface area contributed by atoms with Gasteiger partial charge in [0, 0.05) is 12.0 Å². The molecule has 3 heteroatoms. The Balaban J connectivity index is 2.04. The number of rotatable bonds is 1. The Kier molecular flexibility index (Phi) is 1.99. The summed E-state index contributed by atoms with van der Waals surface area (Å²) in [7, 11) is 0. The van der Waals surface area contributed by atoms with Gasteiger partial charge in [-0.05, 0) is 25.0 Å². The molecule has 2 aromatic rings. The van der Waals surface area contributed by atoms with Crippen LogP contribution in [0.1, 0.15) is 31.0 Å². The summed E-state index contributed by atoms with van der Waals surface area (Å²) in [4.78, 5) is 7.99. The highest BCUT2D eigenvalue weighted by Crippen LogP contribution is 2.32. The van der Waals surface area contributed by atoms with Crippen LogP contribution in [0.25, 0.3) is 11.0 Å². The van der Waals surface area contributed by atoms with Gasteiger partial charge in [-0.1, -0.05) is 18.6 Å². The maximum absolute atomic E-state index is 6.07. The SMILES string of the molecule is N[C@H]1CCCC1c1nc2ccccc2[nH]1. The van der Waals surface area contributed by atoms with Gasteiger partial charge in [-0.25, -0.2) is 4.98 Å². The monoisotopic (exact) mass is 201 g/mol. The molecule has 0 saturated heterocycles. The van der Waals surface area contributed by atoms with E-state index in [1.165, 1.54) is 12.8 Å². The van der Waals surface area contributed by atoms with Crippen LogP contribution in [0.5, 0.6) is 0 Å². The van der Waals surface area contributed by atoms with E-state index >= 15 is 0 Å². The lowest BCUT2D eigenvalue weighted by Gasteiger charge is -2.11. The smallest absolute Gasteiger partial charge is 0.111 e. The molecule has 0 radical (unpaired) electrons. The van der Waals surface area contributed by atoms with Gasteiger partial charge in [-0.3, -0.25) is 0 Å². The molecule has 1 fully saturated rings. The first-order chi connectivity index (χ1) is 7.34. The van der Waals surface area contributed by atoms with Crippen molar-refractivity contribution in [1.29, 1.82) is 0 Å². The molecule has 0 spiro atoms. The lowest BCUT2D eigenvalue weighted by Crippen LogP contribution is -2.23. The molecule has 78 valence electrons. The van der Waals surface area contributed by atoms with Crippen molar-refractivity contribution >= 4 is 11.0 Å². The maximum atomic E-state index is 6.07. The van der Waals surface area contributed by atoms with Crippen molar-refractivity contribution in [3.8, 4) is 0 Å². The van der Waals surface area contributed by atoms with Crippen LogP contribution in [0.3, 0.4) is 0 Å². The van der Waals surface area contributed by atoms with E-state index in [0.717, 1.165) is 23.3 Å².